The molecule has 2 heterocycles. The summed E-state index contributed by atoms with van der Waals surface area (Å²) < 4.78 is 0. The van der Waals surface area contributed by atoms with E-state index in [2.05, 4.69) is 10.6 Å². The number of fused-ring (bicyclic) bond motifs is 1. The molecule has 1 atom stereocenters. The number of hydrogen-bond acceptors (Lipinski definition) is 4. The van der Waals surface area contributed by atoms with Gasteiger partial charge in [0, 0.05) is 0 Å². The van der Waals surface area contributed by atoms with Crippen LogP contribution in [0.4, 0.5) is 16.2 Å². The first kappa shape index (κ1) is 19.6. The predicted molar refractivity (Wildman–Crippen MR) is 111 cm³/mol. The van der Waals surface area contributed by atoms with Crippen LogP contribution in [0.1, 0.15) is 25.3 Å². The van der Waals surface area contributed by atoms with Gasteiger partial charge in [0.1, 0.15) is 18.6 Å². The van der Waals surface area contributed by atoms with Crippen LogP contribution in [0.25, 0.3) is 0 Å². The average molecular weight is 406 g/mol. The SMILES string of the molecule is CCC[C@@]1(c2ccccc2)NC(=O)N(CC(=O)N2CC(=O)Nc3ccccc32)C1=O. The summed E-state index contributed by atoms with van der Waals surface area (Å²) in [5, 5.41) is 5.52. The Hall–Kier alpha value is -3.68. The van der Waals surface area contributed by atoms with Crippen molar-refractivity contribution >= 4 is 35.1 Å². The molecule has 2 aromatic rings. The van der Waals surface area contributed by atoms with E-state index in [1.54, 1.807) is 36.4 Å². The van der Waals surface area contributed by atoms with E-state index in [0.717, 1.165) is 4.90 Å². The van der Waals surface area contributed by atoms with Gasteiger partial charge in [-0.05, 0) is 24.1 Å². The van der Waals surface area contributed by atoms with Crippen molar-refractivity contribution in [3.8, 4) is 0 Å². The third kappa shape index (κ3) is 3.20. The molecule has 0 radical (unpaired) electrons. The minimum Gasteiger partial charge on any atom is -0.323 e. The zero-order chi connectivity index (χ0) is 21.3. The van der Waals surface area contributed by atoms with Crippen molar-refractivity contribution in [2.24, 2.45) is 0 Å². The van der Waals surface area contributed by atoms with Crippen LogP contribution in [0.3, 0.4) is 0 Å². The molecule has 5 amide bonds. The van der Waals surface area contributed by atoms with E-state index in [-0.39, 0.29) is 12.5 Å². The third-order valence-electron chi connectivity index (χ3n) is 5.43. The molecule has 0 saturated carbocycles. The lowest BCUT2D eigenvalue weighted by Crippen LogP contribution is -2.48. The quantitative estimate of drug-likeness (QED) is 0.744. The van der Waals surface area contributed by atoms with E-state index in [4.69, 9.17) is 0 Å². The molecule has 0 unspecified atom stereocenters. The smallest absolute Gasteiger partial charge is 0.323 e. The van der Waals surface area contributed by atoms with Crippen LogP contribution >= 0.6 is 0 Å². The Balaban J connectivity index is 1.61. The molecule has 4 rings (SSSR count). The fourth-order valence-electron chi connectivity index (χ4n) is 4.05. The number of carbonyl (C=O) groups is 4. The minimum atomic E-state index is -1.19. The van der Waals surface area contributed by atoms with Crippen LogP contribution in [0.5, 0.6) is 0 Å². The van der Waals surface area contributed by atoms with Gasteiger partial charge in [-0.3, -0.25) is 24.2 Å². The summed E-state index contributed by atoms with van der Waals surface area (Å²) in [5.74, 6) is -1.28. The standard InChI is InChI=1S/C22H22N4O4/c1-2-12-22(15-8-4-3-5-9-15)20(29)26(21(30)24-22)14-19(28)25-13-18(27)23-16-10-6-7-11-17(16)25/h3-11H,2,12-14H2,1H3,(H,23,27)(H,24,30)/t22-/m0/s1. The second kappa shape index (κ2) is 7.62. The van der Waals surface area contributed by atoms with Crippen LogP contribution < -0.4 is 15.5 Å². The molecule has 0 spiro atoms. The number of imide groups is 1. The molecule has 2 N–H and O–H groups in total. The Morgan fingerprint density at radius 1 is 1.03 bits per heavy atom. The summed E-state index contributed by atoms with van der Waals surface area (Å²) >= 11 is 0. The van der Waals surface area contributed by atoms with Crippen LogP contribution in [0, 0.1) is 0 Å². The number of nitrogens with zero attached hydrogens (tertiary/aromatic N) is 2. The number of nitrogens with one attached hydrogen (secondary N) is 2. The molecule has 30 heavy (non-hydrogen) atoms. The second-order valence-electron chi connectivity index (χ2n) is 7.39. The predicted octanol–water partition coefficient (Wildman–Crippen LogP) is 2.22. The minimum absolute atomic E-state index is 0.168. The van der Waals surface area contributed by atoms with Gasteiger partial charge in [0.05, 0.1) is 11.4 Å². The summed E-state index contributed by atoms with van der Waals surface area (Å²) in [5.41, 5.74) is 0.550. The second-order valence-corrected chi connectivity index (χ2v) is 7.39. The summed E-state index contributed by atoms with van der Waals surface area (Å²) in [6.45, 7) is 1.32. The molecular weight excluding hydrogens is 384 g/mol. The Bertz CT molecular complexity index is 1020. The van der Waals surface area contributed by atoms with Gasteiger partial charge in [-0.1, -0.05) is 55.8 Å². The van der Waals surface area contributed by atoms with Crippen molar-refractivity contribution in [1.29, 1.82) is 0 Å². The Labute approximate surface area is 173 Å². The molecule has 0 bridgehead atoms. The summed E-state index contributed by atoms with van der Waals surface area (Å²) in [4.78, 5) is 53.4. The van der Waals surface area contributed by atoms with Crippen LogP contribution in [-0.2, 0) is 19.9 Å². The van der Waals surface area contributed by atoms with Crippen molar-refractivity contribution in [3.05, 3.63) is 60.2 Å². The van der Waals surface area contributed by atoms with Gasteiger partial charge >= 0.3 is 6.03 Å². The Kier molecular flexibility index (Phi) is 4.99. The molecule has 2 aromatic carbocycles. The maximum absolute atomic E-state index is 13.3. The van der Waals surface area contributed by atoms with Crippen LogP contribution in [-0.4, -0.2) is 41.7 Å². The highest BCUT2D eigenvalue weighted by Crippen LogP contribution is 2.34. The topological polar surface area (TPSA) is 98.8 Å². The van der Waals surface area contributed by atoms with E-state index < -0.39 is 29.9 Å². The number of carbonyl (C=O) groups excluding carboxylic acids is 4. The van der Waals surface area contributed by atoms with Gasteiger partial charge in [0.2, 0.25) is 11.8 Å². The van der Waals surface area contributed by atoms with E-state index >= 15 is 0 Å². The number of urea groups is 1. The molecule has 2 aliphatic heterocycles. The monoisotopic (exact) mass is 406 g/mol. The normalized spacial score (nSPS) is 20.6. The van der Waals surface area contributed by atoms with Crippen LogP contribution in [0.2, 0.25) is 0 Å². The maximum Gasteiger partial charge on any atom is 0.325 e. The fourth-order valence-corrected chi connectivity index (χ4v) is 4.05. The van der Waals surface area contributed by atoms with Gasteiger partial charge in [0.25, 0.3) is 5.91 Å². The molecule has 8 heteroatoms. The van der Waals surface area contributed by atoms with Crippen molar-refractivity contribution in [2.75, 3.05) is 23.3 Å². The first-order valence-corrected chi connectivity index (χ1v) is 9.85. The molecule has 154 valence electrons. The van der Waals surface area contributed by atoms with Crippen molar-refractivity contribution in [3.63, 3.8) is 0 Å². The third-order valence-corrected chi connectivity index (χ3v) is 5.43. The summed E-state index contributed by atoms with van der Waals surface area (Å²) in [6, 6.07) is 15.4. The molecular formula is C22H22N4O4. The number of anilines is 2. The van der Waals surface area contributed by atoms with Gasteiger partial charge in [-0.2, -0.15) is 0 Å². The lowest BCUT2D eigenvalue weighted by molar-refractivity contribution is -0.135. The lowest BCUT2D eigenvalue weighted by Gasteiger charge is -2.30. The van der Waals surface area contributed by atoms with Gasteiger partial charge in [-0.25, -0.2) is 4.79 Å². The average Bonchev–Trinajstić information content (AvgIpc) is 2.99. The number of para-hydroxylation sites is 2. The number of amides is 5. The highest BCUT2D eigenvalue weighted by Gasteiger charge is 2.52. The van der Waals surface area contributed by atoms with Gasteiger partial charge in [-0.15, -0.1) is 0 Å². The zero-order valence-electron chi connectivity index (χ0n) is 16.6. The zero-order valence-corrected chi connectivity index (χ0v) is 16.6. The summed E-state index contributed by atoms with van der Waals surface area (Å²) in [7, 11) is 0. The van der Waals surface area contributed by atoms with Gasteiger partial charge < -0.3 is 10.6 Å². The number of rotatable bonds is 5. The first-order valence-electron chi connectivity index (χ1n) is 9.85. The van der Waals surface area contributed by atoms with Crippen molar-refractivity contribution in [2.45, 2.75) is 25.3 Å². The summed E-state index contributed by atoms with van der Waals surface area (Å²) in [6.07, 6.45) is 1.09. The highest BCUT2D eigenvalue weighted by atomic mass is 16.2. The molecule has 8 nitrogen and oxygen atoms in total. The largest absolute Gasteiger partial charge is 0.325 e. The van der Waals surface area contributed by atoms with E-state index in [9.17, 15) is 19.2 Å². The van der Waals surface area contributed by atoms with E-state index in [1.807, 2.05) is 25.1 Å². The van der Waals surface area contributed by atoms with Crippen LogP contribution in [0.15, 0.2) is 54.6 Å². The highest BCUT2D eigenvalue weighted by molar-refractivity contribution is 6.14. The van der Waals surface area contributed by atoms with Gasteiger partial charge in [0.15, 0.2) is 0 Å². The molecule has 0 aliphatic carbocycles. The number of benzene rings is 2. The molecule has 1 fully saturated rings. The molecule has 2 aliphatic rings. The fraction of sp³-hybridized carbons (Fsp3) is 0.273. The van der Waals surface area contributed by atoms with Crippen molar-refractivity contribution < 1.29 is 19.2 Å². The molecule has 1 saturated heterocycles. The Morgan fingerprint density at radius 3 is 2.47 bits per heavy atom. The number of hydrogen-bond donors (Lipinski definition) is 2. The van der Waals surface area contributed by atoms with E-state index in [1.165, 1.54) is 4.90 Å². The maximum atomic E-state index is 13.3. The Morgan fingerprint density at radius 2 is 1.73 bits per heavy atom. The molecule has 0 aromatic heterocycles. The van der Waals surface area contributed by atoms with Crippen molar-refractivity contribution in [1.82, 2.24) is 10.2 Å². The van der Waals surface area contributed by atoms with E-state index in [0.29, 0.717) is 29.8 Å². The lowest BCUT2D eigenvalue weighted by atomic mass is 9.85. The first-order chi connectivity index (χ1) is 14.5.